The molecule has 7 nitrogen and oxygen atoms in total. The van der Waals surface area contributed by atoms with E-state index < -0.39 is 32.3 Å². The Balaban J connectivity index is 3.42. The Bertz CT molecular complexity index is 558. The lowest BCUT2D eigenvalue weighted by Gasteiger charge is -2.31. The summed E-state index contributed by atoms with van der Waals surface area (Å²) in [5.41, 5.74) is -0.0826. The minimum absolute atomic E-state index is 0.503. The van der Waals surface area contributed by atoms with Crippen molar-refractivity contribution in [2.45, 2.75) is 33.2 Å². The second-order valence-electron chi connectivity index (χ2n) is 4.85. The van der Waals surface area contributed by atoms with Gasteiger partial charge in [-0.15, -0.1) is 0 Å². The minimum atomic E-state index is -4.01. The highest BCUT2D eigenvalue weighted by Crippen LogP contribution is 2.35. The van der Waals surface area contributed by atoms with Crippen LogP contribution in [0.2, 0.25) is 0 Å². The number of carbonyl (C=O) groups excluding carboxylic acids is 3. The van der Waals surface area contributed by atoms with Gasteiger partial charge in [0, 0.05) is 26.3 Å². The van der Waals surface area contributed by atoms with Crippen LogP contribution in [-0.4, -0.2) is 33.8 Å². The summed E-state index contributed by atoms with van der Waals surface area (Å²) >= 11 is 0. The molecule has 23 heavy (non-hydrogen) atoms. The van der Waals surface area contributed by atoms with Gasteiger partial charge in [0.1, 0.15) is 5.75 Å². The van der Waals surface area contributed by atoms with E-state index in [0.717, 1.165) is 20.8 Å². The van der Waals surface area contributed by atoms with Crippen LogP contribution < -0.4 is 4.74 Å². The number of carbonyl (C=O) groups is 3. The normalized spacial score (nSPS) is 12.0. The first-order valence-corrected chi connectivity index (χ1v) is 8.73. The molecule has 0 spiro atoms. The van der Waals surface area contributed by atoms with Crippen LogP contribution >= 0.6 is 0 Å². The van der Waals surface area contributed by atoms with Crippen LogP contribution in [0.15, 0.2) is 24.3 Å². The predicted molar refractivity (Wildman–Crippen MR) is 82.5 cm³/mol. The number of hydrogen-bond acceptors (Lipinski definition) is 7. The molecule has 8 heteroatoms. The lowest BCUT2D eigenvalue weighted by atomic mass is 10.1. The van der Waals surface area contributed by atoms with Crippen molar-refractivity contribution in [3.8, 4) is 5.75 Å². The summed E-state index contributed by atoms with van der Waals surface area (Å²) in [6.07, 6.45) is 0. The number of para-hydroxylation sites is 1. The molecule has 0 heterocycles. The molecule has 0 bridgehead atoms. The Labute approximate surface area is 135 Å². The molecule has 0 amide bonds. The van der Waals surface area contributed by atoms with Crippen molar-refractivity contribution in [2.75, 3.05) is 7.11 Å². The zero-order valence-electron chi connectivity index (χ0n) is 13.7. The van der Waals surface area contributed by atoms with E-state index in [1.165, 1.54) is 7.11 Å². The van der Waals surface area contributed by atoms with E-state index in [4.69, 9.17) is 18.0 Å². The number of ether oxygens (including phenoxy) is 1. The molecular weight excluding hydrogens is 320 g/mol. The monoisotopic (exact) mass is 340 g/mol. The summed E-state index contributed by atoms with van der Waals surface area (Å²) in [7, 11) is -2.52. The third-order valence-electron chi connectivity index (χ3n) is 2.99. The predicted octanol–water partition coefficient (Wildman–Crippen LogP) is 1.97. The van der Waals surface area contributed by atoms with E-state index in [-0.39, 0.29) is 0 Å². The molecule has 1 aromatic carbocycles. The molecule has 1 atom stereocenters. The molecule has 0 saturated carbocycles. The van der Waals surface area contributed by atoms with Crippen LogP contribution in [0.1, 0.15) is 38.8 Å². The summed E-state index contributed by atoms with van der Waals surface area (Å²) < 4.78 is 21.0. The van der Waals surface area contributed by atoms with Crippen LogP contribution in [0.3, 0.4) is 0 Å². The lowest BCUT2D eigenvalue weighted by Crippen LogP contribution is -2.54. The molecule has 0 saturated heterocycles. The average Bonchev–Trinajstić information content (AvgIpc) is 2.44. The van der Waals surface area contributed by atoms with E-state index >= 15 is 0 Å². The number of hydrogen-bond donors (Lipinski definition) is 0. The zero-order valence-corrected chi connectivity index (χ0v) is 14.7. The Hall–Kier alpha value is -2.35. The van der Waals surface area contributed by atoms with Gasteiger partial charge in [-0.1, -0.05) is 25.1 Å². The summed E-state index contributed by atoms with van der Waals surface area (Å²) in [5.74, 6) is -1.62. The van der Waals surface area contributed by atoms with E-state index in [1.54, 1.807) is 31.2 Å². The molecule has 1 aromatic rings. The summed E-state index contributed by atoms with van der Waals surface area (Å²) in [5, 5.41) is 0. The molecule has 0 aliphatic carbocycles. The first-order chi connectivity index (χ1) is 10.7. The van der Waals surface area contributed by atoms with E-state index in [9.17, 15) is 14.4 Å². The molecule has 0 aliphatic heterocycles. The fourth-order valence-electron chi connectivity index (χ4n) is 2.14. The topological polar surface area (TPSA) is 88.1 Å². The van der Waals surface area contributed by atoms with E-state index in [1.807, 2.05) is 0 Å². The maximum absolute atomic E-state index is 11.5. The quantitative estimate of drug-likeness (QED) is 0.731. The molecule has 0 aromatic heterocycles. The van der Waals surface area contributed by atoms with Gasteiger partial charge in [0.2, 0.25) is 0 Å². The largest absolute Gasteiger partial charge is 0.712 e. The van der Waals surface area contributed by atoms with Crippen molar-refractivity contribution in [1.29, 1.82) is 0 Å². The van der Waals surface area contributed by atoms with Crippen LogP contribution in [0, 0.1) is 0 Å². The molecule has 1 rings (SSSR count). The van der Waals surface area contributed by atoms with Gasteiger partial charge in [0.15, 0.2) is 0 Å². The number of rotatable bonds is 6. The van der Waals surface area contributed by atoms with Gasteiger partial charge >= 0.3 is 8.80 Å². The van der Waals surface area contributed by atoms with Crippen molar-refractivity contribution >= 4 is 26.7 Å². The van der Waals surface area contributed by atoms with Crippen LogP contribution in [0.4, 0.5) is 0 Å². The highest BCUT2D eigenvalue weighted by Gasteiger charge is 2.58. The zero-order chi connectivity index (χ0) is 17.6. The smallest absolute Gasteiger partial charge is 0.496 e. The average molecular weight is 340 g/mol. The highest BCUT2D eigenvalue weighted by atomic mass is 28.4. The number of benzene rings is 1. The summed E-state index contributed by atoms with van der Waals surface area (Å²) in [6, 6.07) is 6.95. The first-order valence-electron chi connectivity index (χ1n) is 6.93. The third-order valence-corrected chi connectivity index (χ3v) is 6.08. The molecular formula is C15H20O7Si. The van der Waals surface area contributed by atoms with Crippen molar-refractivity contribution in [2.24, 2.45) is 0 Å². The van der Waals surface area contributed by atoms with Crippen molar-refractivity contribution in [1.82, 2.24) is 0 Å². The van der Waals surface area contributed by atoms with Gasteiger partial charge in [-0.3, -0.25) is 14.4 Å². The summed E-state index contributed by atoms with van der Waals surface area (Å²) in [6.45, 7) is 5.12. The van der Waals surface area contributed by atoms with Crippen molar-refractivity contribution in [3.63, 3.8) is 0 Å². The fourth-order valence-corrected chi connectivity index (χ4v) is 4.62. The summed E-state index contributed by atoms with van der Waals surface area (Å²) in [4.78, 5) is 34.5. The van der Waals surface area contributed by atoms with E-state index in [2.05, 4.69) is 0 Å². The van der Waals surface area contributed by atoms with Crippen molar-refractivity contribution in [3.05, 3.63) is 29.8 Å². The van der Waals surface area contributed by atoms with Gasteiger partial charge < -0.3 is 18.0 Å². The Morgan fingerprint density at radius 2 is 1.35 bits per heavy atom. The minimum Gasteiger partial charge on any atom is -0.496 e. The first kappa shape index (κ1) is 18.7. The van der Waals surface area contributed by atoms with Gasteiger partial charge in [-0.05, 0) is 6.07 Å². The molecule has 0 radical (unpaired) electrons. The molecule has 0 aliphatic rings. The standard InChI is InChI=1S/C15H20O7Si/c1-10(14-8-6-7-9-15(14)19-5)23(20-11(2)16,21-12(3)17)22-13(4)18/h6-10H,1-5H3. The molecule has 0 fully saturated rings. The van der Waals surface area contributed by atoms with Gasteiger partial charge in [0.25, 0.3) is 17.9 Å². The van der Waals surface area contributed by atoms with Crippen LogP contribution in [0.25, 0.3) is 0 Å². The van der Waals surface area contributed by atoms with Gasteiger partial charge in [0.05, 0.1) is 12.7 Å². The Morgan fingerprint density at radius 3 is 1.74 bits per heavy atom. The molecule has 0 N–H and O–H groups in total. The fraction of sp³-hybridized carbons (Fsp3) is 0.400. The highest BCUT2D eigenvalue weighted by molar-refractivity contribution is 6.67. The SMILES string of the molecule is COc1ccccc1C(C)[Si](OC(C)=O)(OC(C)=O)OC(C)=O. The van der Waals surface area contributed by atoms with Crippen LogP contribution in [0.5, 0.6) is 5.75 Å². The third kappa shape index (κ3) is 4.81. The van der Waals surface area contributed by atoms with Crippen molar-refractivity contribution < 1.29 is 32.4 Å². The van der Waals surface area contributed by atoms with Gasteiger partial charge in [-0.2, -0.15) is 0 Å². The molecule has 126 valence electrons. The molecule has 1 unspecified atom stereocenters. The maximum Gasteiger partial charge on any atom is 0.712 e. The second-order valence-corrected chi connectivity index (χ2v) is 7.53. The number of methoxy groups -OCH3 is 1. The van der Waals surface area contributed by atoms with Gasteiger partial charge in [-0.25, -0.2) is 0 Å². The van der Waals surface area contributed by atoms with E-state index in [0.29, 0.717) is 11.3 Å². The Morgan fingerprint density at radius 1 is 0.913 bits per heavy atom. The van der Waals surface area contributed by atoms with Crippen LogP contribution in [-0.2, 0) is 27.7 Å². The Kier molecular flexibility index (Phi) is 6.32. The maximum atomic E-state index is 11.5. The lowest BCUT2D eigenvalue weighted by molar-refractivity contribution is -0.148. The second kappa shape index (κ2) is 7.77.